The number of nitrogens with two attached hydrogens (primary N) is 1. The molecule has 4 nitrogen and oxygen atoms in total. The van der Waals surface area contributed by atoms with Crippen LogP contribution in [-0.4, -0.2) is 47.0 Å². The molecule has 1 aromatic heterocycles. The van der Waals surface area contributed by atoms with Crippen LogP contribution in [0.25, 0.3) is 0 Å². The number of thiazole rings is 1. The van der Waals surface area contributed by atoms with E-state index in [9.17, 15) is 0 Å². The van der Waals surface area contributed by atoms with Crippen LogP contribution < -0.4 is 5.73 Å². The fourth-order valence-corrected chi connectivity index (χ4v) is 4.11. The van der Waals surface area contributed by atoms with Crippen molar-refractivity contribution < 1.29 is 0 Å². The molecule has 0 amide bonds. The summed E-state index contributed by atoms with van der Waals surface area (Å²) in [4.78, 5) is 10.7. The molecule has 2 aliphatic rings. The zero-order valence-electron chi connectivity index (χ0n) is 12.0. The van der Waals surface area contributed by atoms with E-state index in [4.69, 9.17) is 5.73 Å². The maximum Gasteiger partial charge on any atom is 0.180 e. The van der Waals surface area contributed by atoms with Gasteiger partial charge < -0.3 is 10.6 Å². The largest absolute Gasteiger partial charge is 0.375 e. The Balaban J connectivity index is 0.00000147. The number of halogens is 1. The normalized spacial score (nSPS) is 25.3. The summed E-state index contributed by atoms with van der Waals surface area (Å²) in [5, 5.41) is 0.694. The van der Waals surface area contributed by atoms with Gasteiger partial charge in [-0.3, -0.25) is 4.90 Å². The predicted molar refractivity (Wildman–Crippen MR) is 87.5 cm³/mol. The molecule has 1 aromatic rings. The summed E-state index contributed by atoms with van der Waals surface area (Å²) in [7, 11) is 0. The molecule has 2 saturated heterocycles. The fourth-order valence-electron chi connectivity index (χ4n) is 3.38. The topological polar surface area (TPSA) is 45.4 Å². The minimum absolute atomic E-state index is 0. The minimum atomic E-state index is 0. The summed E-state index contributed by atoms with van der Waals surface area (Å²) < 4.78 is 0. The molecular weight excluding hydrogens is 292 g/mol. The van der Waals surface area contributed by atoms with Crippen molar-refractivity contribution in [2.45, 2.75) is 44.7 Å². The third-order valence-corrected chi connectivity index (χ3v) is 5.21. The van der Waals surface area contributed by atoms with Crippen LogP contribution >= 0.6 is 23.7 Å². The number of anilines is 1. The molecular formula is C14H25ClN4S. The molecule has 3 rings (SSSR count). The smallest absolute Gasteiger partial charge is 0.180 e. The first-order chi connectivity index (χ1) is 9.31. The zero-order chi connectivity index (χ0) is 13.1. The number of hydrogen-bond acceptors (Lipinski definition) is 5. The molecule has 0 saturated carbocycles. The quantitative estimate of drug-likeness (QED) is 0.931. The summed E-state index contributed by atoms with van der Waals surface area (Å²) >= 11 is 1.63. The van der Waals surface area contributed by atoms with Gasteiger partial charge in [0.25, 0.3) is 0 Å². The molecule has 0 aromatic carbocycles. The van der Waals surface area contributed by atoms with Crippen LogP contribution in [0.15, 0.2) is 6.20 Å². The Labute approximate surface area is 131 Å². The van der Waals surface area contributed by atoms with E-state index in [1.807, 2.05) is 6.20 Å². The Hall–Kier alpha value is -0.360. The van der Waals surface area contributed by atoms with Gasteiger partial charge in [0.1, 0.15) is 0 Å². The van der Waals surface area contributed by atoms with Gasteiger partial charge in [0.2, 0.25) is 0 Å². The Kier molecular flexibility index (Phi) is 6.08. The summed E-state index contributed by atoms with van der Waals surface area (Å²) in [5.41, 5.74) is 5.70. The molecule has 20 heavy (non-hydrogen) atoms. The molecule has 0 aliphatic carbocycles. The van der Waals surface area contributed by atoms with Crippen molar-refractivity contribution >= 4 is 28.9 Å². The number of likely N-dealkylation sites (tertiary alicyclic amines) is 2. The minimum Gasteiger partial charge on any atom is -0.375 e. The van der Waals surface area contributed by atoms with Gasteiger partial charge in [-0.05, 0) is 51.7 Å². The van der Waals surface area contributed by atoms with Crippen molar-refractivity contribution in [3.8, 4) is 0 Å². The van der Waals surface area contributed by atoms with Gasteiger partial charge in [0, 0.05) is 30.2 Å². The van der Waals surface area contributed by atoms with Gasteiger partial charge in [-0.1, -0.05) is 0 Å². The predicted octanol–water partition coefficient (Wildman–Crippen LogP) is 2.60. The maximum absolute atomic E-state index is 5.70. The van der Waals surface area contributed by atoms with E-state index in [2.05, 4.69) is 14.8 Å². The van der Waals surface area contributed by atoms with Crippen molar-refractivity contribution in [2.24, 2.45) is 0 Å². The molecule has 1 atom stereocenters. The highest BCUT2D eigenvalue weighted by molar-refractivity contribution is 7.15. The van der Waals surface area contributed by atoms with Crippen LogP contribution in [-0.2, 0) is 6.54 Å². The average molecular weight is 317 g/mol. The Morgan fingerprint density at radius 3 is 2.65 bits per heavy atom. The Morgan fingerprint density at radius 2 is 1.95 bits per heavy atom. The second-order valence-electron chi connectivity index (χ2n) is 5.77. The van der Waals surface area contributed by atoms with E-state index in [0.717, 1.165) is 12.6 Å². The third-order valence-electron chi connectivity index (χ3n) is 4.40. The zero-order valence-corrected chi connectivity index (χ0v) is 13.6. The Bertz CT molecular complexity index is 406. The Morgan fingerprint density at radius 1 is 1.15 bits per heavy atom. The number of rotatable bonds is 3. The van der Waals surface area contributed by atoms with E-state index in [0.29, 0.717) is 5.13 Å². The highest BCUT2D eigenvalue weighted by Gasteiger charge is 2.24. The van der Waals surface area contributed by atoms with E-state index in [1.54, 1.807) is 11.3 Å². The van der Waals surface area contributed by atoms with Crippen molar-refractivity contribution in [3.05, 3.63) is 11.1 Å². The van der Waals surface area contributed by atoms with Gasteiger partial charge in [-0.15, -0.1) is 23.7 Å². The number of aromatic nitrogens is 1. The molecule has 6 heteroatoms. The van der Waals surface area contributed by atoms with E-state index >= 15 is 0 Å². The first kappa shape index (κ1) is 16.0. The van der Waals surface area contributed by atoms with E-state index in [1.165, 1.54) is 63.2 Å². The van der Waals surface area contributed by atoms with Crippen LogP contribution in [0.3, 0.4) is 0 Å². The van der Waals surface area contributed by atoms with Gasteiger partial charge in [0.15, 0.2) is 5.13 Å². The first-order valence-electron chi connectivity index (χ1n) is 7.48. The van der Waals surface area contributed by atoms with Crippen molar-refractivity contribution in [1.82, 2.24) is 14.8 Å². The highest BCUT2D eigenvalue weighted by Crippen LogP contribution is 2.23. The summed E-state index contributed by atoms with van der Waals surface area (Å²) in [6.45, 7) is 6.13. The van der Waals surface area contributed by atoms with Crippen LogP contribution in [0.4, 0.5) is 5.13 Å². The SMILES string of the molecule is Cl.Nc1ncc(CN2CCCC(N3CCCC3)CC2)s1. The molecule has 114 valence electrons. The van der Waals surface area contributed by atoms with E-state index in [-0.39, 0.29) is 12.4 Å². The molecule has 0 bridgehead atoms. The molecule has 2 N–H and O–H groups in total. The van der Waals surface area contributed by atoms with Gasteiger partial charge in [0.05, 0.1) is 0 Å². The highest BCUT2D eigenvalue weighted by atomic mass is 35.5. The maximum atomic E-state index is 5.70. The van der Waals surface area contributed by atoms with Gasteiger partial charge in [-0.25, -0.2) is 4.98 Å². The number of hydrogen-bond donors (Lipinski definition) is 1. The number of nitrogens with zero attached hydrogens (tertiary/aromatic N) is 3. The molecule has 2 fully saturated rings. The summed E-state index contributed by atoms with van der Waals surface area (Å²) in [6, 6.07) is 0.832. The lowest BCUT2D eigenvalue weighted by Crippen LogP contribution is -2.33. The molecule has 1 unspecified atom stereocenters. The second-order valence-corrected chi connectivity index (χ2v) is 6.92. The lowest BCUT2D eigenvalue weighted by atomic mass is 10.1. The average Bonchev–Trinajstić information content (AvgIpc) is 3.00. The summed E-state index contributed by atoms with van der Waals surface area (Å²) in [6.07, 6.45) is 8.77. The van der Waals surface area contributed by atoms with Crippen molar-refractivity contribution in [2.75, 3.05) is 31.9 Å². The first-order valence-corrected chi connectivity index (χ1v) is 8.29. The van der Waals surface area contributed by atoms with Crippen LogP contribution in [0.1, 0.15) is 37.0 Å². The standard InChI is InChI=1S/C14H24N4S.ClH/c15-14-16-10-13(19-14)11-17-6-3-4-12(5-9-17)18-7-1-2-8-18;/h10,12H,1-9,11H2,(H2,15,16);1H. The molecule has 2 aliphatic heterocycles. The number of nitrogen functional groups attached to an aromatic ring is 1. The lowest BCUT2D eigenvalue weighted by Gasteiger charge is -2.26. The van der Waals surface area contributed by atoms with Crippen LogP contribution in [0, 0.1) is 0 Å². The lowest BCUT2D eigenvalue weighted by molar-refractivity contribution is 0.213. The molecule has 3 heterocycles. The van der Waals surface area contributed by atoms with Gasteiger partial charge in [-0.2, -0.15) is 0 Å². The van der Waals surface area contributed by atoms with E-state index < -0.39 is 0 Å². The fraction of sp³-hybridized carbons (Fsp3) is 0.786. The van der Waals surface area contributed by atoms with Crippen LogP contribution in [0.5, 0.6) is 0 Å². The van der Waals surface area contributed by atoms with Crippen LogP contribution in [0.2, 0.25) is 0 Å². The van der Waals surface area contributed by atoms with Crippen molar-refractivity contribution in [1.29, 1.82) is 0 Å². The van der Waals surface area contributed by atoms with Gasteiger partial charge >= 0.3 is 0 Å². The third kappa shape index (κ3) is 4.07. The summed E-state index contributed by atoms with van der Waals surface area (Å²) in [5.74, 6) is 0. The second kappa shape index (κ2) is 7.59. The molecule has 0 radical (unpaired) electrons. The molecule has 0 spiro atoms. The van der Waals surface area contributed by atoms with Crippen molar-refractivity contribution in [3.63, 3.8) is 0 Å². The monoisotopic (exact) mass is 316 g/mol.